The van der Waals surface area contributed by atoms with E-state index >= 15 is 0 Å². The maximum atomic E-state index is 13.2. The number of nitrogens with zero attached hydrogens (tertiary/aromatic N) is 3. The Morgan fingerprint density at radius 1 is 1.05 bits per heavy atom. The van der Waals surface area contributed by atoms with Crippen molar-refractivity contribution < 1.29 is 27.5 Å². The van der Waals surface area contributed by atoms with E-state index in [9.17, 15) is 23.3 Å². The van der Waals surface area contributed by atoms with Gasteiger partial charge in [-0.15, -0.1) is 0 Å². The van der Waals surface area contributed by atoms with E-state index in [1.165, 1.54) is 22.3 Å². The Bertz CT molecular complexity index is 1810. The summed E-state index contributed by atoms with van der Waals surface area (Å²) in [5.41, 5.74) is 3.46. The molecule has 0 saturated carbocycles. The first-order valence-corrected chi connectivity index (χ1v) is 14.0. The van der Waals surface area contributed by atoms with Crippen molar-refractivity contribution in [1.82, 2.24) is 9.29 Å². The molecule has 0 fully saturated rings. The number of alkyl carbamates (subject to hydrolysis) is 1. The summed E-state index contributed by atoms with van der Waals surface area (Å²) in [6, 6.07) is 17.4. The van der Waals surface area contributed by atoms with Crippen LogP contribution < -0.4 is 15.5 Å². The zero-order valence-electron chi connectivity index (χ0n) is 21.5. The molecule has 0 unspecified atom stereocenters. The van der Waals surface area contributed by atoms with Crippen LogP contribution in [0.25, 0.3) is 10.9 Å². The molecule has 0 radical (unpaired) electrons. The molecule has 0 aliphatic heterocycles. The normalized spacial score (nSPS) is 11.5. The minimum atomic E-state index is -3.81. The summed E-state index contributed by atoms with van der Waals surface area (Å²) in [5, 5.41) is 15.5. The molecule has 3 aromatic carbocycles. The molecule has 41 heavy (non-hydrogen) atoms. The van der Waals surface area contributed by atoms with Gasteiger partial charge < -0.3 is 9.47 Å². The van der Waals surface area contributed by atoms with Crippen molar-refractivity contribution in [1.29, 1.82) is 5.26 Å². The molecule has 0 atom stereocenters. The number of carbonyl (C=O) groups is 2. The van der Waals surface area contributed by atoms with Crippen molar-refractivity contribution in [2.24, 2.45) is 5.10 Å². The highest BCUT2D eigenvalue weighted by molar-refractivity contribution is 7.90. The van der Waals surface area contributed by atoms with Gasteiger partial charge in [0.25, 0.3) is 15.9 Å². The molecule has 1 heterocycles. The van der Waals surface area contributed by atoms with Crippen molar-refractivity contribution >= 4 is 67.5 Å². The van der Waals surface area contributed by atoms with Gasteiger partial charge >= 0.3 is 6.09 Å². The lowest BCUT2D eigenvalue weighted by Gasteiger charge is -2.12. The second-order valence-corrected chi connectivity index (χ2v) is 11.0. The van der Waals surface area contributed by atoms with E-state index in [-0.39, 0.29) is 33.0 Å². The fraction of sp³-hybridized carbons (Fsp3) is 0.111. The van der Waals surface area contributed by atoms with E-state index in [1.54, 1.807) is 61.5 Å². The van der Waals surface area contributed by atoms with Crippen LogP contribution in [-0.4, -0.2) is 36.7 Å². The van der Waals surface area contributed by atoms with Crippen LogP contribution >= 0.6 is 23.2 Å². The Morgan fingerprint density at radius 3 is 2.37 bits per heavy atom. The van der Waals surface area contributed by atoms with Crippen molar-refractivity contribution in [3.63, 3.8) is 0 Å². The zero-order chi connectivity index (χ0) is 29.7. The third kappa shape index (κ3) is 6.60. The Morgan fingerprint density at radius 2 is 1.73 bits per heavy atom. The molecule has 0 bridgehead atoms. The van der Waals surface area contributed by atoms with Gasteiger partial charge in [0.15, 0.2) is 5.75 Å². The van der Waals surface area contributed by atoms with E-state index in [1.807, 2.05) is 12.2 Å². The van der Waals surface area contributed by atoms with Crippen molar-refractivity contribution in [2.75, 3.05) is 12.0 Å². The average molecular weight is 614 g/mol. The van der Waals surface area contributed by atoms with Crippen LogP contribution in [-0.2, 0) is 19.6 Å². The smallest absolute Gasteiger partial charge is 0.414 e. The van der Waals surface area contributed by atoms with Crippen LogP contribution in [0, 0.1) is 18.3 Å². The summed E-state index contributed by atoms with van der Waals surface area (Å²) in [4.78, 5) is 23.6. The SMILES string of the molecule is CCOC(=O)NC(=O)/C(C#N)=N/Nc1cc(Cl)c(Oc2ccc3c(ccn3S(=O)(=O)c3ccc(C)cc3)c2)c(Cl)c1. The topological polar surface area (TPSA) is 152 Å². The number of nitriles is 1. The second kappa shape index (κ2) is 12.3. The number of anilines is 1. The van der Waals surface area contributed by atoms with Crippen LogP contribution in [0.3, 0.4) is 0 Å². The summed E-state index contributed by atoms with van der Waals surface area (Å²) >= 11 is 12.7. The minimum Gasteiger partial charge on any atom is -0.454 e. The summed E-state index contributed by atoms with van der Waals surface area (Å²) in [6.07, 6.45) is 0.447. The van der Waals surface area contributed by atoms with Crippen molar-refractivity contribution in [3.05, 3.63) is 82.5 Å². The van der Waals surface area contributed by atoms with Crippen LogP contribution in [0.1, 0.15) is 12.5 Å². The van der Waals surface area contributed by atoms with Gasteiger partial charge in [0.2, 0.25) is 5.71 Å². The lowest BCUT2D eigenvalue weighted by Crippen LogP contribution is -2.36. The van der Waals surface area contributed by atoms with Gasteiger partial charge in [0, 0.05) is 11.6 Å². The van der Waals surface area contributed by atoms with Crippen LogP contribution in [0.5, 0.6) is 11.5 Å². The lowest BCUT2D eigenvalue weighted by molar-refractivity contribution is -0.114. The molecule has 14 heteroatoms. The van der Waals surface area contributed by atoms with E-state index in [4.69, 9.17) is 27.9 Å². The molecule has 1 aromatic heterocycles. The highest BCUT2D eigenvalue weighted by Gasteiger charge is 2.20. The second-order valence-electron chi connectivity index (χ2n) is 8.38. The number of imide groups is 1. The number of aryl methyl sites for hydroxylation is 1. The molecule has 0 aliphatic carbocycles. The number of nitrogens with one attached hydrogen (secondary N) is 2. The molecule has 4 aromatic rings. The van der Waals surface area contributed by atoms with E-state index < -0.39 is 27.7 Å². The molecular weight excluding hydrogens is 593 g/mol. The predicted octanol–water partition coefficient (Wildman–Crippen LogP) is 5.85. The van der Waals surface area contributed by atoms with E-state index in [2.05, 4.69) is 15.3 Å². The Balaban J connectivity index is 1.53. The quantitative estimate of drug-likeness (QED) is 0.185. The number of benzene rings is 3. The number of fused-ring (bicyclic) bond motifs is 1. The number of halogens is 2. The van der Waals surface area contributed by atoms with E-state index in [0.717, 1.165) is 5.56 Å². The molecule has 0 saturated heterocycles. The maximum Gasteiger partial charge on any atom is 0.414 e. The number of hydrazone groups is 1. The molecule has 11 nitrogen and oxygen atoms in total. The number of amides is 2. The summed E-state index contributed by atoms with van der Waals surface area (Å²) in [7, 11) is -3.81. The standard InChI is InChI=1S/C27H21Cl2N5O6S/c1-3-39-27(36)31-26(35)23(15-30)33-32-18-13-21(28)25(22(29)14-18)40-19-6-9-24-17(12-19)10-11-34(24)41(37,38)20-7-4-16(2)5-8-20/h4-14,32H,3H2,1-2H3,(H,31,35,36)/b33-23+. The van der Waals surface area contributed by atoms with Crippen LogP contribution in [0.15, 0.2) is 76.9 Å². The van der Waals surface area contributed by atoms with Gasteiger partial charge in [-0.25, -0.2) is 17.2 Å². The fourth-order valence-corrected chi connectivity index (χ4v) is 5.52. The number of hydrogen-bond acceptors (Lipinski definition) is 9. The first kappa shape index (κ1) is 29.4. The number of rotatable bonds is 8. The van der Waals surface area contributed by atoms with Gasteiger partial charge in [0.05, 0.1) is 32.8 Å². The Kier molecular flexibility index (Phi) is 8.83. The van der Waals surface area contributed by atoms with Gasteiger partial charge in [0.1, 0.15) is 11.8 Å². The monoisotopic (exact) mass is 613 g/mol. The lowest BCUT2D eigenvalue weighted by atomic mass is 10.2. The molecule has 2 amide bonds. The molecule has 210 valence electrons. The molecular formula is C27H21Cl2N5O6S. The van der Waals surface area contributed by atoms with Crippen molar-refractivity contribution in [3.8, 4) is 17.6 Å². The van der Waals surface area contributed by atoms with Crippen LogP contribution in [0.4, 0.5) is 10.5 Å². The Labute approximate surface area is 244 Å². The zero-order valence-corrected chi connectivity index (χ0v) is 23.8. The predicted molar refractivity (Wildman–Crippen MR) is 154 cm³/mol. The Hall–Kier alpha value is -4.57. The van der Waals surface area contributed by atoms with Crippen molar-refractivity contribution in [2.45, 2.75) is 18.7 Å². The first-order valence-electron chi connectivity index (χ1n) is 11.9. The number of aromatic nitrogens is 1. The summed E-state index contributed by atoms with van der Waals surface area (Å²) < 4.78 is 38.0. The molecule has 0 aliphatic rings. The van der Waals surface area contributed by atoms with Gasteiger partial charge in [-0.05, 0) is 62.4 Å². The minimum absolute atomic E-state index is 0.0400. The summed E-state index contributed by atoms with van der Waals surface area (Å²) in [6.45, 7) is 3.47. The number of hydrogen-bond donors (Lipinski definition) is 2. The highest BCUT2D eigenvalue weighted by Crippen LogP contribution is 2.39. The largest absolute Gasteiger partial charge is 0.454 e. The maximum absolute atomic E-state index is 13.2. The third-order valence-electron chi connectivity index (χ3n) is 5.53. The third-order valence-corrected chi connectivity index (χ3v) is 7.80. The number of ether oxygens (including phenoxy) is 2. The highest BCUT2D eigenvalue weighted by atomic mass is 35.5. The first-order chi connectivity index (χ1) is 19.5. The molecule has 0 spiro atoms. The van der Waals surface area contributed by atoms with Gasteiger partial charge in [-0.2, -0.15) is 10.4 Å². The van der Waals surface area contributed by atoms with Gasteiger partial charge in [-0.3, -0.25) is 15.5 Å². The average Bonchev–Trinajstić information content (AvgIpc) is 3.36. The molecule has 4 rings (SSSR count). The fourth-order valence-electron chi connectivity index (χ4n) is 3.60. The van der Waals surface area contributed by atoms with Crippen LogP contribution in [0.2, 0.25) is 10.0 Å². The summed E-state index contributed by atoms with van der Waals surface area (Å²) in [5.74, 6) is -0.617. The number of carbonyl (C=O) groups excluding carboxylic acids is 2. The van der Waals surface area contributed by atoms with Gasteiger partial charge in [-0.1, -0.05) is 40.9 Å². The molecule has 2 N–H and O–H groups in total. The van der Waals surface area contributed by atoms with E-state index in [0.29, 0.717) is 16.7 Å².